The van der Waals surface area contributed by atoms with E-state index >= 15 is 0 Å². The predicted molar refractivity (Wildman–Crippen MR) is 216 cm³/mol. The molecule has 0 saturated carbocycles. The first-order valence-electron chi connectivity index (χ1n) is 17.0. The SMILES string of the molecule is C=C/C(=C\N=C(/C)C1=CCCc2c1sc1ccccc21)c1ccc2ccc(C3=CPC(c4cccc5c4Cc4ccccc4-5)N=C3)cc2c1. The summed E-state index contributed by atoms with van der Waals surface area (Å²) >= 11 is 1.88. The van der Waals surface area contributed by atoms with Crippen molar-refractivity contribution in [1.29, 1.82) is 0 Å². The third kappa shape index (κ3) is 5.39. The summed E-state index contributed by atoms with van der Waals surface area (Å²) in [7, 11) is 0.600. The number of thiophene rings is 1. The molecule has 5 aromatic carbocycles. The minimum absolute atomic E-state index is 0.180. The summed E-state index contributed by atoms with van der Waals surface area (Å²) < 4.78 is 1.35. The molecule has 2 aliphatic carbocycles. The van der Waals surface area contributed by atoms with Crippen molar-refractivity contribution in [3.63, 3.8) is 0 Å². The van der Waals surface area contributed by atoms with Gasteiger partial charge in [0, 0.05) is 33.3 Å². The van der Waals surface area contributed by atoms with Gasteiger partial charge < -0.3 is 0 Å². The van der Waals surface area contributed by atoms with E-state index in [1.54, 1.807) is 0 Å². The van der Waals surface area contributed by atoms with E-state index in [4.69, 9.17) is 9.98 Å². The molecule has 49 heavy (non-hydrogen) atoms. The fourth-order valence-corrected chi connectivity index (χ4v) is 10.1. The number of hydrogen-bond donors (Lipinski definition) is 0. The molecule has 0 fully saturated rings. The fraction of sp³-hybridized carbons (Fsp3) is 0.111. The average molecular weight is 667 g/mol. The molecule has 236 valence electrons. The summed E-state index contributed by atoms with van der Waals surface area (Å²) in [4.78, 5) is 11.5. The van der Waals surface area contributed by atoms with Crippen LogP contribution < -0.4 is 0 Å². The van der Waals surface area contributed by atoms with Crippen LogP contribution in [0.25, 0.3) is 48.7 Å². The van der Waals surface area contributed by atoms with Crippen LogP contribution in [0, 0.1) is 0 Å². The van der Waals surface area contributed by atoms with Gasteiger partial charge in [0.25, 0.3) is 0 Å². The van der Waals surface area contributed by atoms with Crippen molar-refractivity contribution in [2.24, 2.45) is 9.98 Å². The van der Waals surface area contributed by atoms with Crippen LogP contribution in [-0.4, -0.2) is 11.9 Å². The van der Waals surface area contributed by atoms with Gasteiger partial charge in [0.2, 0.25) is 0 Å². The quantitative estimate of drug-likeness (QED) is 0.0959. The number of hydrogen-bond acceptors (Lipinski definition) is 3. The molecule has 0 N–H and O–H groups in total. The van der Waals surface area contributed by atoms with Crippen molar-refractivity contribution >= 4 is 69.4 Å². The molecule has 0 bridgehead atoms. The molecule has 2 atom stereocenters. The second-order valence-electron chi connectivity index (χ2n) is 13.0. The van der Waals surface area contributed by atoms with Gasteiger partial charge >= 0.3 is 0 Å². The molecule has 0 amide bonds. The highest BCUT2D eigenvalue weighted by Gasteiger charge is 2.25. The van der Waals surface area contributed by atoms with Gasteiger partial charge in [-0.15, -0.1) is 11.3 Å². The molecular weight excluding hydrogens is 632 g/mol. The Morgan fingerprint density at radius 2 is 1.76 bits per heavy atom. The van der Waals surface area contributed by atoms with Crippen molar-refractivity contribution in [1.82, 2.24) is 0 Å². The monoisotopic (exact) mass is 666 g/mol. The Bertz CT molecular complexity index is 2490. The smallest absolute Gasteiger partial charge is 0.0950 e. The number of nitrogens with zero attached hydrogens (tertiary/aromatic N) is 2. The molecule has 1 aliphatic heterocycles. The third-order valence-electron chi connectivity index (χ3n) is 10.1. The zero-order chi connectivity index (χ0) is 32.9. The van der Waals surface area contributed by atoms with Gasteiger partial charge in [-0.1, -0.05) is 118 Å². The lowest BCUT2D eigenvalue weighted by atomic mass is 9.94. The molecule has 9 rings (SSSR count). The van der Waals surface area contributed by atoms with Crippen LogP contribution in [0.2, 0.25) is 0 Å². The number of fused-ring (bicyclic) bond motifs is 7. The average Bonchev–Trinajstić information content (AvgIpc) is 3.73. The number of benzene rings is 5. The van der Waals surface area contributed by atoms with Crippen LogP contribution in [0.3, 0.4) is 0 Å². The van der Waals surface area contributed by atoms with E-state index in [0.29, 0.717) is 8.58 Å². The lowest BCUT2D eigenvalue weighted by Gasteiger charge is -2.19. The van der Waals surface area contributed by atoms with Gasteiger partial charge in [0.05, 0.1) is 5.78 Å². The normalized spacial score (nSPS) is 17.5. The first-order chi connectivity index (χ1) is 24.1. The number of rotatable bonds is 6. The maximum atomic E-state index is 5.12. The minimum atomic E-state index is 0.180. The maximum Gasteiger partial charge on any atom is 0.0950 e. The molecule has 2 nitrogen and oxygen atoms in total. The van der Waals surface area contributed by atoms with Crippen LogP contribution in [0.5, 0.6) is 0 Å². The summed E-state index contributed by atoms with van der Waals surface area (Å²) in [5, 5.41) is 3.81. The Labute approximate surface area is 293 Å². The van der Waals surface area contributed by atoms with Crippen molar-refractivity contribution in [3.8, 4) is 11.1 Å². The Hall–Kier alpha value is -4.95. The largest absolute Gasteiger partial charge is 0.280 e. The summed E-state index contributed by atoms with van der Waals surface area (Å²) in [5.74, 6) is 2.57. The zero-order valence-electron chi connectivity index (χ0n) is 27.4. The second-order valence-corrected chi connectivity index (χ2v) is 15.2. The van der Waals surface area contributed by atoms with E-state index in [2.05, 4.69) is 135 Å². The fourth-order valence-electron chi connectivity index (χ4n) is 7.59. The van der Waals surface area contributed by atoms with Crippen LogP contribution in [-0.2, 0) is 12.8 Å². The molecule has 6 aromatic rings. The van der Waals surface area contributed by atoms with E-state index in [-0.39, 0.29) is 5.78 Å². The summed E-state index contributed by atoms with van der Waals surface area (Å²) in [6.07, 6.45) is 11.5. The van der Waals surface area contributed by atoms with Crippen LogP contribution in [0.1, 0.15) is 57.4 Å². The molecule has 1 aromatic heterocycles. The minimum Gasteiger partial charge on any atom is -0.280 e. The Morgan fingerprint density at radius 3 is 2.65 bits per heavy atom. The van der Waals surface area contributed by atoms with E-state index in [9.17, 15) is 0 Å². The van der Waals surface area contributed by atoms with Crippen LogP contribution in [0.15, 0.2) is 144 Å². The molecule has 0 radical (unpaired) electrons. The lowest BCUT2D eigenvalue weighted by molar-refractivity contribution is 1.00. The number of aryl methyl sites for hydroxylation is 1. The van der Waals surface area contributed by atoms with Gasteiger partial charge in [-0.25, -0.2) is 0 Å². The summed E-state index contributed by atoms with van der Waals surface area (Å²) in [6, 6.07) is 37.7. The van der Waals surface area contributed by atoms with Crippen molar-refractivity contribution < 1.29 is 0 Å². The van der Waals surface area contributed by atoms with Gasteiger partial charge in [-0.05, 0) is 116 Å². The lowest BCUT2D eigenvalue weighted by Crippen LogP contribution is -2.02. The molecule has 4 heteroatoms. The predicted octanol–water partition coefficient (Wildman–Crippen LogP) is 12.4. The van der Waals surface area contributed by atoms with Crippen molar-refractivity contribution in [2.75, 3.05) is 0 Å². The van der Waals surface area contributed by atoms with E-state index in [1.165, 1.54) is 75.8 Å². The zero-order valence-corrected chi connectivity index (χ0v) is 29.2. The third-order valence-corrected chi connectivity index (χ3v) is 12.6. The van der Waals surface area contributed by atoms with E-state index < -0.39 is 0 Å². The van der Waals surface area contributed by atoms with Gasteiger partial charge in [-0.3, -0.25) is 9.98 Å². The van der Waals surface area contributed by atoms with Gasteiger partial charge in [0.15, 0.2) is 0 Å². The standard InChI is InChI=1S/C45H35N2PS/c1-3-29(25-46-28(2)36-13-8-15-40-39-12-6-7-17-43(39)49-44(36)40)31-20-18-30-19-21-32(23-34(30)22-31)35-26-47-45(48-27-35)41-16-9-14-38-37-11-5-4-10-33(37)24-42(38)41/h3-7,9-14,16-23,25-27,45,48H,1,8,15,24H2,2H3/b29-25+,46-28+. The van der Waals surface area contributed by atoms with Crippen LogP contribution >= 0.6 is 19.9 Å². The number of allylic oxidation sites excluding steroid dienone is 5. The highest BCUT2D eigenvalue weighted by molar-refractivity contribution is 7.42. The topological polar surface area (TPSA) is 24.7 Å². The molecule has 2 unspecified atom stereocenters. The molecular formula is C45H35N2PS. The van der Waals surface area contributed by atoms with E-state index in [1.807, 2.05) is 23.6 Å². The second kappa shape index (κ2) is 12.5. The highest BCUT2D eigenvalue weighted by Crippen LogP contribution is 2.48. The first kappa shape index (κ1) is 30.1. The summed E-state index contributed by atoms with van der Waals surface area (Å²) in [6.45, 7) is 6.28. The van der Waals surface area contributed by atoms with Crippen molar-refractivity contribution in [2.45, 2.75) is 32.0 Å². The number of aliphatic imine (C=N–C) groups is 2. The molecule has 0 spiro atoms. The van der Waals surface area contributed by atoms with Crippen LogP contribution in [0.4, 0.5) is 0 Å². The van der Waals surface area contributed by atoms with Gasteiger partial charge in [0.1, 0.15) is 0 Å². The first-order valence-corrected chi connectivity index (χ1v) is 18.9. The molecule has 2 heterocycles. The summed E-state index contributed by atoms with van der Waals surface area (Å²) in [5.41, 5.74) is 15.3. The maximum absolute atomic E-state index is 5.12. The molecule has 0 saturated heterocycles. The highest BCUT2D eigenvalue weighted by atomic mass is 32.1. The van der Waals surface area contributed by atoms with E-state index in [0.717, 1.165) is 36.1 Å². The Morgan fingerprint density at radius 1 is 0.898 bits per heavy atom. The van der Waals surface area contributed by atoms with Gasteiger partial charge in [-0.2, -0.15) is 0 Å². The van der Waals surface area contributed by atoms with Crippen molar-refractivity contribution in [3.05, 3.63) is 172 Å². The Kier molecular flexibility index (Phi) is 7.68. The Balaban J connectivity index is 0.966. The molecule has 3 aliphatic rings.